The molecule has 0 unspecified atom stereocenters. The fourth-order valence-electron chi connectivity index (χ4n) is 1.51. The van der Waals surface area contributed by atoms with Crippen LogP contribution in [-0.4, -0.2) is 16.8 Å². The molecule has 0 saturated carbocycles. The molecule has 16 heavy (non-hydrogen) atoms. The van der Waals surface area contributed by atoms with Gasteiger partial charge in [-0.25, -0.2) is 9.07 Å². The van der Waals surface area contributed by atoms with Crippen molar-refractivity contribution in [2.24, 2.45) is 0 Å². The first-order valence-corrected chi connectivity index (χ1v) is 5.23. The largest absolute Gasteiger partial charge is 0.314 e. The molecule has 0 radical (unpaired) electrons. The molecule has 0 aliphatic carbocycles. The van der Waals surface area contributed by atoms with E-state index in [0.717, 1.165) is 5.69 Å². The summed E-state index contributed by atoms with van der Waals surface area (Å²) in [4.78, 5) is 0. The topological polar surface area (TPSA) is 29.9 Å². The van der Waals surface area contributed by atoms with E-state index in [1.54, 1.807) is 25.2 Å². The third-order valence-corrected chi connectivity index (χ3v) is 2.56. The Morgan fingerprint density at radius 2 is 2.19 bits per heavy atom. The van der Waals surface area contributed by atoms with Crippen LogP contribution in [0.15, 0.2) is 30.5 Å². The zero-order valence-corrected chi connectivity index (χ0v) is 9.50. The summed E-state index contributed by atoms with van der Waals surface area (Å²) in [5.74, 6) is -0.320. The number of rotatable bonds is 3. The van der Waals surface area contributed by atoms with Crippen LogP contribution in [0.1, 0.15) is 5.69 Å². The maximum atomic E-state index is 13.6. The van der Waals surface area contributed by atoms with Crippen LogP contribution in [0.4, 0.5) is 4.39 Å². The van der Waals surface area contributed by atoms with E-state index in [4.69, 9.17) is 11.6 Å². The average molecular weight is 240 g/mol. The molecule has 0 atom stereocenters. The zero-order chi connectivity index (χ0) is 11.5. The molecule has 3 nitrogen and oxygen atoms in total. The van der Waals surface area contributed by atoms with Crippen molar-refractivity contribution in [1.82, 2.24) is 15.1 Å². The molecule has 0 saturated heterocycles. The summed E-state index contributed by atoms with van der Waals surface area (Å²) < 4.78 is 15.1. The molecule has 0 fully saturated rings. The third kappa shape index (κ3) is 1.94. The van der Waals surface area contributed by atoms with Crippen molar-refractivity contribution < 1.29 is 4.39 Å². The Labute approximate surface area is 97.8 Å². The molecular formula is C11H11ClFN3. The van der Waals surface area contributed by atoms with E-state index in [1.807, 2.05) is 0 Å². The van der Waals surface area contributed by atoms with Crippen LogP contribution in [0.2, 0.25) is 5.02 Å². The molecule has 2 aromatic rings. The Balaban J connectivity index is 2.52. The van der Waals surface area contributed by atoms with E-state index < -0.39 is 0 Å². The van der Waals surface area contributed by atoms with Crippen molar-refractivity contribution in [3.8, 4) is 5.69 Å². The minimum absolute atomic E-state index is 0.320. The molecular weight excluding hydrogens is 229 g/mol. The minimum Gasteiger partial charge on any atom is -0.314 e. The molecule has 0 spiro atoms. The molecule has 1 N–H and O–H groups in total. The van der Waals surface area contributed by atoms with Gasteiger partial charge in [0.05, 0.1) is 16.9 Å². The quantitative estimate of drug-likeness (QED) is 0.891. The van der Waals surface area contributed by atoms with E-state index in [-0.39, 0.29) is 5.82 Å². The van der Waals surface area contributed by atoms with Crippen molar-refractivity contribution in [2.45, 2.75) is 6.54 Å². The number of hydrogen-bond acceptors (Lipinski definition) is 2. The highest BCUT2D eigenvalue weighted by atomic mass is 35.5. The van der Waals surface area contributed by atoms with Crippen LogP contribution >= 0.6 is 11.6 Å². The second-order valence-electron chi connectivity index (χ2n) is 3.33. The smallest absolute Gasteiger partial charge is 0.148 e. The van der Waals surface area contributed by atoms with Gasteiger partial charge in [-0.1, -0.05) is 23.7 Å². The normalized spacial score (nSPS) is 10.7. The summed E-state index contributed by atoms with van der Waals surface area (Å²) in [6.07, 6.45) is 1.51. The molecule has 2 rings (SSSR count). The molecule has 0 bridgehead atoms. The third-order valence-electron chi connectivity index (χ3n) is 2.24. The van der Waals surface area contributed by atoms with Crippen LogP contribution in [0.3, 0.4) is 0 Å². The van der Waals surface area contributed by atoms with E-state index in [1.165, 1.54) is 16.9 Å². The van der Waals surface area contributed by atoms with Gasteiger partial charge in [-0.15, -0.1) is 0 Å². The SMILES string of the molecule is CNCc1c(Cl)cnn1-c1ccccc1F. The van der Waals surface area contributed by atoms with Gasteiger partial charge in [-0.2, -0.15) is 5.10 Å². The van der Waals surface area contributed by atoms with Gasteiger partial charge in [0.1, 0.15) is 11.5 Å². The number of nitrogens with zero attached hydrogens (tertiary/aromatic N) is 2. The highest BCUT2D eigenvalue weighted by molar-refractivity contribution is 6.31. The number of halogens is 2. The van der Waals surface area contributed by atoms with Gasteiger partial charge >= 0.3 is 0 Å². The van der Waals surface area contributed by atoms with Gasteiger partial charge in [-0.3, -0.25) is 0 Å². The number of para-hydroxylation sites is 1. The minimum atomic E-state index is -0.320. The number of nitrogens with one attached hydrogen (secondary N) is 1. The van der Waals surface area contributed by atoms with Crippen LogP contribution in [-0.2, 0) is 6.54 Å². The zero-order valence-electron chi connectivity index (χ0n) is 8.74. The predicted octanol–water partition coefficient (Wildman–Crippen LogP) is 2.38. The molecule has 84 valence electrons. The van der Waals surface area contributed by atoms with Crippen molar-refractivity contribution in [2.75, 3.05) is 7.05 Å². The lowest BCUT2D eigenvalue weighted by atomic mass is 10.3. The van der Waals surface area contributed by atoms with Gasteiger partial charge in [0.25, 0.3) is 0 Å². The van der Waals surface area contributed by atoms with E-state index in [9.17, 15) is 4.39 Å². The standard InChI is InChI=1S/C11H11ClFN3/c1-14-7-11-8(12)6-15-16(11)10-5-3-2-4-9(10)13/h2-6,14H,7H2,1H3. The van der Waals surface area contributed by atoms with E-state index >= 15 is 0 Å². The fourth-order valence-corrected chi connectivity index (χ4v) is 1.70. The Hall–Kier alpha value is -1.39. The van der Waals surface area contributed by atoms with Gasteiger partial charge < -0.3 is 5.32 Å². The van der Waals surface area contributed by atoms with Gasteiger partial charge in [-0.05, 0) is 19.2 Å². The van der Waals surface area contributed by atoms with Gasteiger partial charge in [0.2, 0.25) is 0 Å². The second-order valence-corrected chi connectivity index (χ2v) is 3.74. The molecule has 0 aliphatic heterocycles. The van der Waals surface area contributed by atoms with E-state index in [0.29, 0.717) is 17.3 Å². The van der Waals surface area contributed by atoms with Crippen LogP contribution in [0, 0.1) is 5.82 Å². The van der Waals surface area contributed by atoms with Gasteiger partial charge in [0.15, 0.2) is 0 Å². The maximum absolute atomic E-state index is 13.6. The van der Waals surface area contributed by atoms with Gasteiger partial charge in [0, 0.05) is 6.54 Å². The lowest BCUT2D eigenvalue weighted by Gasteiger charge is -2.08. The summed E-state index contributed by atoms with van der Waals surface area (Å²) in [5.41, 5.74) is 1.15. The van der Waals surface area contributed by atoms with Crippen molar-refractivity contribution in [1.29, 1.82) is 0 Å². The first-order chi connectivity index (χ1) is 7.74. The molecule has 0 amide bonds. The van der Waals surface area contributed by atoms with Crippen LogP contribution in [0.5, 0.6) is 0 Å². The van der Waals surface area contributed by atoms with Crippen molar-refractivity contribution >= 4 is 11.6 Å². The molecule has 0 aliphatic rings. The summed E-state index contributed by atoms with van der Waals surface area (Å²) >= 11 is 5.98. The number of benzene rings is 1. The van der Waals surface area contributed by atoms with Crippen LogP contribution in [0.25, 0.3) is 5.69 Å². The maximum Gasteiger partial charge on any atom is 0.148 e. The Morgan fingerprint density at radius 1 is 1.44 bits per heavy atom. The molecule has 5 heteroatoms. The number of hydrogen-bond donors (Lipinski definition) is 1. The summed E-state index contributed by atoms with van der Waals surface area (Å²) in [6.45, 7) is 0.535. The van der Waals surface area contributed by atoms with Crippen molar-refractivity contribution in [3.05, 3.63) is 47.0 Å². The summed E-state index contributed by atoms with van der Waals surface area (Å²) in [6, 6.07) is 6.46. The predicted molar refractivity (Wildman–Crippen MR) is 61.3 cm³/mol. The highest BCUT2D eigenvalue weighted by Crippen LogP contribution is 2.20. The Bertz CT molecular complexity index is 496. The Kier molecular flexibility index (Phi) is 3.22. The first kappa shape index (κ1) is 11.1. The van der Waals surface area contributed by atoms with Crippen LogP contribution < -0.4 is 5.32 Å². The number of aromatic nitrogens is 2. The summed E-state index contributed by atoms with van der Waals surface area (Å²) in [5, 5.41) is 7.57. The van der Waals surface area contributed by atoms with Crippen molar-refractivity contribution in [3.63, 3.8) is 0 Å². The second kappa shape index (κ2) is 4.63. The molecule has 1 aromatic carbocycles. The monoisotopic (exact) mass is 239 g/mol. The lowest BCUT2D eigenvalue weighted by molar-refractivity contribution is 0.603. The highest BCUT2D eigenvalue weighted by Gasteiger charge is 2.12. The summed E-state index contributed by atoms with van der Waals surface area (Å²) in [7, 11) is 1.80. The fraction of sp³-hybridized carbons (Fsp3) is 0.182. The first-order valence-electron chi connectivity index (χ1n) is 4.86. The lowest BCUT2D eigenvalue weighted by Crippen LogP contribution is -2.12. The van der Waals surface area contributed by atoms with E-state index in [2.05, 4.69) is 10.4 Å². The molecule has 1 aromatic heterocycles. The Morgan fingerprint density at radius 3 is 2.88 bits per heavy atom. The average Bonchev–Trinajstić information content (AvgIpc) is 2.62. The molecule has 1 heterocycles.